The van der Waals surface area contributed by atoms with Crippen LogP contribution in [0.5, 0.6) is 0 Å². The number of carbonyl (C=O) groups excluding carboxylic acids is 1. The monoisotopic (exact) mass is 221 g/mol. The van der Waals surface area contributed by atoms with Gasteiger partial charge in [0, 0.05) is 13.0 Å². The maximum absolute atomic E-state index is 10.5. The van der Waals surface area contributed by atoms with Gasteiger partial charge in [-0.15, -0.1) is 0 Å². The maximum atomic E-state index is 10.5. The van der Waals surface area contributed by atoms with Gasteiger partial charge >= 0.3 is 23.1 Å². The summed E-state index contributed by atoms with van der Waals surface area (Å²) in [6, 6.07) is -0.232. The van der Waals surface area contributed by atoms with E-state index in [-0.39, 0.29) is 47.2 Å². The maximum Gasteiger partial charge on any atom is 0.316 e. The molecule has 1 unspecified atom stereocenters. The molecule has 0 aliphatic rings. The third kappa shape index (κ3) is 12.1. The highest BCUT2D eigenvalue weighted by molar-refractivity contribution is 7.85. The molecule has 0 spiro atoms. The number of amides is 1. The molecule has 1 atom stereocenters. The van der Waals surface area contributed by atoms with Crippen molar-refractivity contribution in [3.8, 4) is 0 Å². The lowest BCUT2D eigenvalue weighted by Crippen LogP contribution is -2.31. The average Bonchev–Trinajstić information content (AvgIpc) is 1.80. The molecule has 13 heavy (non-hydrogen) atoms. The summed E-state index contributed by atoms with van der Waals surface area (Å²) in [5, 5.41) is 2.50. The molecule has 5 nitrogen and oxygen atoms in total. The van der Waals surface area contributed by atoms with Crippen LogP contribution in [0.1, 0.15) is 20.3 Å². The highest BCUT2D eigenvalue weighted by Crippen LogP contribution is 1.94. The second kappa shape index (κ2) is 6.58. The van der Waals surface area contributed by atoms with E-state index in [0.29, 0.717) is 0 Å². The fourth-order valence-electron chi connectivity index (χ4n) is 0.745. The number of hydrogen-bond donors (Lipinski definition) is 2. The lowest BCUT2D eigenvalue weighted by molar-refractivity contribution is -0.119. The van der Waals surface area contributed by atoms with Crippen LogP contribution in [-0.4, -0.2) is 53.7 Å². The molecule has 0 aromatic rings. The first-order valence-corrected chi connectivity index (χ1v) is 5.14. The Hall–Kier alpha value is 0.146. The van der Waals surface area contributed by atoms with Gasteiger partial charge < -0.3 is 5.32 Å². The average molecular weight is 222 g/mol. The molecule has 0 heterocycles. The molecule has 7 heteroatoms. The fourth-order valence-corrected chi connectivity index (χ4v) is 1.40. The van der Waals surface area contributed by atoms with Crippen LogP contribution in [0.3, 0.4) is 0 Å². The van der Waals surface area contributed by atoms with Gasteiger partial charge in [-0.2, -0.15) is 8.42 Å². The minimum atomic E-state index is -3.91. The third-order valence-corrected chi connectivity index (χ3v) is 2.01. The van der Waals surface area contributed by atoms with Crippen LogP contribution >= 0.6 is 0 Å². The summed E-state index contributed by atoms with van der Waals surface area (Å²) in [7, 11) is -3.91. The van der Waals surface area contributed by atoms with E-state index in [1.54, 1.807) is 6.92 Å². The number of nitrogens with one attached hydrogen (secondary N) is 1. The van der Waals surface area contributed by atoms with Gasteiger partial charge in [-0.3, -0.25) is 9.35 Å². The van der Waals surface area contributed by atoms with E-state index in [1.807, 2.05) is 0 Å². The molecule has 0 saturated heterocycles. The lowest BCUT2D eigenvalue weighted by atomic mass is 10.2. The van der Waals surface area contributed by atoms with E-state index in [9.17, 15) is 13.2 Å². The Morgan fingerprint density at radius 3 is 2.31 bits per heavy atom. The van der Waals surface area contributed by atoms with Crippen LogP contribution in [0, 0.1) is 0 Å². The fraction of sp³-hybridized carbons (Fsp3) is 0.833. The Morgan fingerprint density at radius 2 is 2.00 bits per heavy atom. The quantitative estimate of drug-likeness (QED) is 0.465. The molecule has 0 aromatic carbocycles. The summed E-state index contributed by atoms with van der Waals surface area (Å²) in [6.07, 6.45) is 0.221. The first-order chi connectivity index (χ1) is 5.31. The van der Waals surface area contributed by atoms with Gasteiger partial charge in [-0.25, -0.2) is 0 Å². The second-order valence-corrected chi connectivity index (χ2v) is 4.25. The summed E-state index contributed by atoms with van der Waals surface area (Å²) >= 11 is 0. The Kier molecular flexibility index (Phi) is 7.90. The van der Waals surface area contributed by atoms with Crippen LogP contribution in [0.2, 0.25) is 0 Å². The van der Waals surface area contributed by atoms with E-state index in [4.69, 9.17) is 4.55 Å². The molecule has 76 valence electrons. The predicted molar refractivity (Wildman–Crippen MR) is 52.9 cm³/mol. The van der Waals surface area contributed by atoms with Crippen molar-refractivity contribution in [1.29, 1.82) is 0 Å². The van der Waals surface area contributed by atoms with E-state index < -0.39 is 10.1 Å². The van der Waals surface area contributed by atoms with Crippen molar-refractivity contribution in [1.82, 2.24) is 5.32 Å². The zero-order valence-electron chi connectivity index (χ0n) is 7.07. The molecular formula is C6H15MgNO4S. The molecule has 0 bridgehead atoms. The molecular weight excluding hydrogens is 206 g/mol. The smallest absolute Gasteiger partial charge is 0.316 e. The van der Waals surface area contributed by atoms with Crippen molar-refractivity contribution in [3.63, 3.8) is 0 Å². The van der Waals surface area contributed by atoms with Crippen LogP contribution in [0.15, 0.2) is 0 Å². The van der Waals surface area contributed by atoms with E-state index in [0.717, 1.165) is 0 Å². The van der Waals surface area contributed by atoms with Crippen molar-refractivity contribution < 1.29 is 17.8 Å². The van der Waals surface area contributed by atoms with Gasteiger partial charge in [-0.05, 0) is 13.3 Å². The minimum absolute atomic E-state index is 0. The molecule has 2 N–H and O–H groups in total. The summed E-state index contributed by atoms with van der Waals surface area (Å²) in [4.78, 5) is 10.5. The summed E-state index contributed by atoms with van der Waals surface area (Å²) in [6.45, 7) is 3.02. The SMILES string of the molecule is CC(=O)NC(C)CCS(=O)(=O)O.[MgH2]. The minimum Gasteiger partial charge on any atom is -0.354 e. The standard InChI is InChI=1S/C6H13NO4S.Mg.2H/c1-5(7-6(2)8)3-4-12(9,10)11;;;/h5H,3-4H2,1-2H3,(H,7,8)(H,9,10,11);;;. The molecule has 0 aliphatic carbocycles. The summed E-state index contributed by atoms with van der Waals surface area (Å²) < 4.78 is 28.9. The topological polar surface area (TPSA) is 83.5 Å². The Labute approximate surface area is 94.2 Å². The number of carbonyl (C=O) groups is 1. The Balaban J connectivity index is 0. The summed E-state index contributed by atoms with van der Waals surface area (Å²) in [5.41, 5.74) is 0. The van der Waals surface area contributed by atoms with Gasteiger partial charge in [0.15, 0.2) is 0 Å². The predicted octanol–water partition coefficient (Wildman–Crippen LogP) is -1.13. The van der Waals surface area contributed by atoms with Crippen molar-refractivity contribution in [3.05, 3.63) is 0 Å². The van der Waals surface area contributed by atoms with E-state index in [2.05, 4.69) is 5.32 Å². The second-order valence-electron chi connectivity index (χ2n) is 2.68. The van der Waals surface area contributed by atoms with Crippen molar-refractivity contribution in [2.24, 2.45) is 0 Å². The zero-order chi connectivity index (χ0) is 9.78. The molecule has 0 saturated carbocycles. The van der Waals surface area contributed by atoms with Gasteiger partial charge in [0.25, 0.3) is 10.1 Å². The third-order valence-electron chi connectivity index (χ3n) is 1.26. The highest BCUT2D eigenvalue weighted by atomic mass is 32.2. The number of rotatable bonds is 4. The van der Waals surface area contributed by atoms with Crippen LogP contribution < -0.4 is 5.32 Å². The first-order valence-electron chi connectivity index (χ1n) is 3.53. The molecule has 0 fully saturated rings. The van der Waals surface area contributed by atoms with Crippen molar-refractivity contribution in [2.75, 3.05) is 5.75 Å². The lowest BCUT2D eigenvalue weighted by Gasteiger charge is -2.10. The van der Waals surface area contributed by atoms with Crippen LogP contribution in [0.4, 0.5) is 0 Å². The van der Waals surface area contributed by atoms with Crippen molar-refractivity contribution in [2.45, 2.75) is 26.3 Å². The largest absolute Gasteiger partial charge is 0.354 e. The van der Waals surface area contributed by atoms with Gasteiger partial charge in [0.05, 0.1) is 5.75 Å². The Bertz CT molecular complexity index is 251. The highest BCUT2D eigenvalue weighted by Gasteiger charge is 2.09. The van der Waals surface area contributed by atoms with Gasteiger partial charge in [0.1, 0.15) is 0 Å². The Morgan fingerprint density at radius 1 is 1.54 bits per heavy atom. The van der Waals surface area contributed by atoms with Gasteiger partial charge in [-0.1, -0.05) is 0 Å². The summed E-state index contributed by atoms with van der Waals surface area (Å²) in [5.74, 6) is -0.535. The van der Waals surface area contributed by atoms with E-state index in [1.165, 1.54) is 6.92 Å². The first kappa shape index (κ1) is 15.6. The van der Waals surface area contributed by atoms with Crippen LogP contribution in [0.25, 0.3) is 0 Å². The van der Waals surface area contributed by atoms with Gasteiger partial charge in [0.2, 0.25) is 5.91 Å². The van der Waals surface area contributed by atoms with E-state index >= 15 is 0 Å². The molecule has 1 amide bonds. The van der Waals surface area contributed by atoms with Crippen molar-refractivity contribution >= 4 is 39.1 Å². The number of hydrogen-bond acceptors (Lipinski definition) is 3. The normalized spacial score (nSPS) is 12.8. The molecule has 0 rings (SSSR count). The molecule has 0 radical (unpaired) electrons. The van der Waals surface area contributed by atoms with Crippen LogP contribution in [-0.2, 0) is 14.9 Å². The zero-order valence-corrected chi connectivity index (χ0v) is 7.89. The molecule has 0 aromatic heterocycles. The molecule has 0 aliphatic heterocycles.